The fraction of sp³-hybridized carbons (Fsp3) is 0.444. The standard InChI is InChI=1S/C18H22N2O4/c1-22-15-8-9-20(18(21)16-11-17(23-2)19-24-16)12-14(15)10-13-6-4-3-5-7-13/h3-7,11,14-15H,8-10,12H2,1-2H3/t14-,15-/m1/s1. The van der Waals surface area contributed by atoms with E-state index in [2.05, 4.69) is 17.3 Å². The molecular weight excluding hydrogens is 308 g/mol. The minimum absolute atomic E-state index is 0.151. The summed E-state index contributed by atoms with van der Waals surface area (Å²) in [7, 11) is 3.23. The van der Waals surface area contributed by atoms with Crippen LogP contribution in [0, 0.1) is 5.92 Å². The van der Waals surface area contributed by atoms with Crippen molar-refractivity contribution in [2.45, 2.75) is 18.9 Å². The van der Waals surface area contributed by atoms with E-state index in [1.165, 1.54) is 18.7 Å². The number of carbonyl (C=O) groups is 1. The van der Waals surface area contributed by atoms with Gasteiger partial charge in [0.15, 0.2) is 0 Å². The number of methoxy groups -OCH3 is 2. The van der Waals surface area contributed by atoms with E-state index in [0.717, 1.165) is 12.8 Å². The number of benzene rings is 1. The van der Waals surface area contributed by atoms with Crippen LogP contribution in [0.4, 0.5) is 0 Å². The Bertz CT molecular complexity index is 671. The highest BCUT2D eigenvalue weighted by atomic mass is 16.5. The topological polar surface area (TPSA) is 64.8 Å². The molecule has 1 saturated heterocycles. The lowest BCUT2D eigenvalue weighted by Crippen LogP contribution is -2.47. The minimum atomic E-state index is -0.154. The van der Waals surface area contributed by atoms with Gasteiger partial charge in [-0.1, -0.05) is 30.3 Å². The third kappa shape index (κ3) is 3.59. The second-order valence-corrected chi connectivity index (χ2v) is 6.00. The maximum absolute atomic E-state index is 12.6. The fourth-order valence-electron chi connectivity index (χ4n) is 3.23. The van der Waals surface area contributed by atoms with Gasteiger partial charge in [0.25, 0.3) is 11.8 Å². The van der Waals surface area contributed by atoms with E-state index in [-0.39, 0.29) is 23.7 Å². The van der Waals surface area contributed by atoms with Crippen LogP contribution in [0.5, 0.6) is 5.88 Å². The molecule has 1 aromatic heterocycles. The molecule has 0 saturated carbocycles. The van der Waals surface area contributed by atoms with Gasteiger partial charge in [0, 0.05) is 26.1 Å². The van der Waals surface area contributed by atoms with Gasteiger partial charge < -0.3 is 18.9 Å². The van der Waals surface area contributed by atoms with Crippen LogP contribution in [0.3, 0.4) is 0 Å². The van der Waals surface area contributed by atoms with Crippen LogP contribution in [0.25, 0.3) is 0 Å². The molecule has 0 bridgehead atoms. The summed E-state index contributed by atoms with van der Waals surface area (Å²) in [5, 5.41) is 3.70. The van der Waals surface area contributed by atoms with Gasteiger partial charge in [0.05, 0.1) is 19.3 Å². The van der Waals surface area contributed by atoms with Gasteiger partial charge in [-0.3, -0.25) is 4.79 Å². The van der Waals surface area contributed by atoms with Crippen molar-refractivity contribution in [3.05, 3.63) is 47.7 Å². The fourth-order valence-corrected chi connectivity index (χ4v) is 3.23. The summed E-state index contributed by atoms with van der Waals surface area (Å²) in [5.74, 6) is 0.616. The zero-order valence-corrected chi connectivity index (χ0v) is 14.0. The molecule has 1 fully saturated rings. The Labute approximate surface area is 141 Å². The number of aromatic nitrogens is 1. The second-order valence-electron chi connectivity index (χ2n) is 6.00. The van der Waals surface area contributed by atoms with Gasteiger partial charge in [-0.05, 0) is 23.6 Å². The number of hydrogen-bond acceptors (Lipinski definition) is 5. The zero-order valence-electron chi connectivity index (χ0n) is 14.0. The molecule has 2 heterocycles. The third-order valence-electron chi connectivity index (χ3n) is 4.50. The van der Waals surface area contributed by atoms with Gasteiger partial charge in [-0.25, -0.2) is 0 Å². The number of rotatable bonds is 5. The molecule has 1 amide bonds. The van der Waals surface area contributed by atoms with Crippen molar-refractivity contribution in [2.24, 2.45) is 5.92 Å². The third-order valence-corrected chi connectivity index (χ3v) is 4.50. The molecule has 1 aliphatic rings. The van der Waals surface area contributed by atoms with Gasteiger partial charge >= 0.3 is 0 Å². The van der Waals surface area contributed by atoms with E-state index in [1.54, 1.807) is 7.11 Å². The second kappa shape index (κ2) is 7.49. The van der Waals surface area contributed by atoms with Crippen molar-refractivity contribution in [1.29, 1.82) is 0 Å². The van der Waals surface area contributed by atoms with Crippen LogP contribution < -0.4 is 4.74 Å². The van der Waals surface area contributed by atoms with Crippen molar-refractivity contribution in [2.75, 3.05) is 27.3 Å². The summed E-state index contributed by atoms with van der Waals surface area (Å²) in [4.78, 5) is 14.4. The molecular formula is C18H22N2O4. The molecule has 128 valence electrons. The van der Waals surface area contributed by atoms with E-state index in [9.17, 15) is 4.79 Å². The SMILES string of the molecule is COc1cc(C(=O)N2CC[C@@H](OC)[C@H](Cc3ccccc3)C2)on1. The molecule has 0 unspecified atom stereocenters. The molecule has 0 N–H and O–H groups in total. The molecule has 6 nitrogen and oxygen atoms in total. The number of amides is 1. The Morgan fingerprint density at radius 3 is 2.79 bits per heavy atom. The summed E-state index contributed by atoms with van der Waals surface area (Å²) in [6, 6.07) is 11.8. The van der Waals surface area contributed by atoms with Crippen LogP contribution in [-0.4, -0.2) is 49.4 Å². The Balaban J connectivity index is 1.70. The van der Waals surface area contributed by atoms with Crippen molar-refractivity contribution < 1.29 is 18.8 Å². The van der Waals surface area contributed by atoms with Crippen LogP contribution in [0.2, 0.25) is 0 Å². The number of ether oxygens (including phenoxy) is 2. The summed E-state index contributed by atoms with van der Waals surface area (Å²) in [5.41, 5.74) is 1.25. The van der Waals surface area contributed by atoms with Gasteiger partial charge in [-0.2, -0.15) is 0 Å². The normalized spacial score (nSPS) is 20.8. The molecule has 1 aromatic carbocycles. The predicted octanol–water partition coefficient (Wildman–Crippen LogP) is 2.40. The van der Waals surface area contributed by atoms with E-state index < -0.39 is 0 Å². The number of likely N-dealkylation sites (tertiary alicyclic amines) is 1. The largest absolute Gasteiger partial charge is 0.479 e. The summed E-state index contributed by atoms with van der Waals surface area (Å²) in [6.45, 7) is 1.28. The van der Waals surface area contributed by atoms with E-state index in [0.29, 0.717) is 19.0 Å². The first-order valence-corrected chi connectivity index (χ1v) is 8.08. The summed E-state index contributed by atoms with van der Waals surface area (Å²) in [6.07, 6.45) is 1.84. The first kappa shape index (κ1) is 16.5. The van der Waals surface area contributed by atoms with E-state index in [4.69, 9.17) is 14.0 Å². The van der Waals surface area contributed by atoms with Gasteiger partial charge in [-0.15, -0.1) is 0 Å². The van der Waals surface area contributed by atoms with Gasteiger partial charge in [0.1, 0.15) is 0 Å². The first-order chi connectivity index (χ1) is 11.7. The van der Waals surface area contributed by atoms with E-state index in [1.807, 2.05) is 23.1 Å². The van der Waals surface area contributed by atoms with Crippen LogP contribution >= 0.6 is 0 Å². The predicted molar refractivity (Wildman–Crippen MR) is 88.0 cm³/mol. The lowest BCUT2D eigenvalue weighted by atomic mass is 9.88. The Morgan fingerprint density at radius 2 is 2.12 bits per heavy atom. The van der Waals surface area contributed by atoms with E-state index >= 15 is 0 Å². The Kier molecular flexibility index (Phi) is 5.15. The smallest absolute Gasteiger partial charge is 0.292 e. The number of carbonyl (C=O) groups excluding carboxylic acids is 1. The molecule has 0 aliphatic carbocycles. The molecule has 0 spiro atoms. The van der Waals surface area contributed by atoms with Crippen molar-refractivity contribution in [3.63, 3.8) is 0 Å². The summed E-state index contributed by atoms with van der Waals surface area (Å²) < 4.78 is 15.7. The van der Waals surface area contributed by atoms with Crippen LogP contribution in [-0.2, 0) is 11.2 Å². The zero-order chi connectivity index (χ0) is 16.9. The van der Waals surface area contributed by atoms with Crippen molar-refractivity contribution in [1.82, 2.24) is 10.1 Å². The number of hydrogen-bond donors (Lipinski definition) is 0. The molecule has 3 rings (SSSR count). The average Bonchev–Trinajstić information content (AvgIpc) is 3.11. The number of nitrogens with zero attached hydrogens (tertiary/aromatic N) is 2. The lowest BCUT2D eigenvalue weighted by Gasteiger charge is -2.37. The molecule has 6 heteroatoms. The Hall–Kier alpha value is -2.34. The maximum atomic E-state index is 12.6. The molecule has 1 aliphatic heterocycles. The summed E-state index contributed by atoms with van der Waals surface area (Å²) >= 11 is 0. The van der Waals surface area contributed by atoms with Crippen LogP contribution in [0.15, 0.2) is 40.9 Å². The minimum Gasteiger partial charge on any atom is -0.479 e. The first-order valence-electron chi connectivity index (χ1n) is 8.08. The highest BCUT2D eigenvalue weighted by Gasteiger charge is 2.33. The lowest BCUT2D eigenvalue weighted by molar-refractivity contribution is -0.00412. The van der Waals surface area contributed by atoms with Crippen molar-refractivity contribution in [3.8, 4) is 5.88 Å². The molecule has 0 radical (unpaired) electrons. The monoisotopic (exact) mass is 330 g/mol. The molecule has 24 heavy (non-hydrogen) atoms. The number of piperidine rings is 1. The highest BCUT2D eigenvalue weighted by Crippen LogP contribution is 2.25. The van der Waals surface area contributed by atoms with Crippen molar-refractivity contribution >= 4 is 5.91 Å². The maximum Gasteiger partial charge on any atom is 0.292 e. The molecule has 2 atom stereocenters. The highest BCUT2D eigenvalue weighted by molar-refractivity contribution is 5.91. The average molecular weight is 330 g/mol. The molecule has 2 aromatic rings. The Morgan fingerprint density at radius 1 is 1.33 bits per heavy atom. The van der Waals surface area contributed by atoms with Crippen LogP contribution in [0.1, 0.15) is 22.5 Å². The quantitative estimate of drug-likeness (QED) is 0.842. The van der Waals surface area contributed by atoms with Gasteiger partial charge in [0.2, 0.25) is 5.76 Å².